The van der Waals surface area contributed by atoms with Crippen molar-refractivity contribution in [1.82, 2.24) is 0 Å². The molecular formula is C6H4N2O2. The lowest BCUT2D eigenvalue weighted by Gasteiger charge is -1.82. The summed E-state index contributed by atoms with van der Waals surface area (Å²) in [5.41, 5.74) is 2.48. The number of nitrogens with zero attached hydrogens (tertiary/aromatic N) is 2. The molecule has 0 radical (unpaired) electrons. The molecule has 0 aromatic heterocycles. The predicted octanol–water partition coefficient (Wildman–Crippen LogP) is 0.327. The van der Waals surface area contributed by atoms with E-state index in [2.05, 4.69) is 22.3 Å². The Bertz CT molecular complexity index is 251. The van der Waals surface area contributed by atoms with Crippen LogP contribution in [0.3, 0.4) is 0 Å². The molecule has 0 N–H and O–H groups in total. The summed E-state index contributed by atoms with van der Waals surface area (Å²) < 4.78 is 0. The third kappa shape index (κ3) is 3.30. The number of aliphatic imine (C=N–C) groups is 2. The number of rotatable bonds is 3. The molecule has 0 saturated heterocycles. The highest BCUT2D eigenvalue weighted by Gasteiger charge is 1.87. The summed E-state index contributed by atoms with van der Waals surface area (Å²) in [6.07, 6.45) is 2.56. The number of hydrogen-bond donors (Lipinski definition) is 0. The first-order valence-electron chi connectivity index (χ1n) is 2.35. The Morgan fingerprint density at radius 1 is 1.40 bits per heavy atom. The normalized spacial score (nSPS) is 6.40. The van der Waals surface area contributed by atoms with Gasteiger partial charge < -0.3 is 0 Å². The minimum Gasteiger partial charge on any atom is -0.211 e. The highest BCUT2D eigenvalue weighted by molar-refractivity contribution is 5.38. The Hall–Kier alpha value is -1.72. The Kier molecular flexibility index (Phi) is 4.49. The summed E-state index contributed by atoms with van der Waals surface area (Å²) >= 11 is 0. The van der Waals surface area contributed by atoms with Crippen molar-refractivity contribution in [3.63, 3.8) is 0 Å². The minimum absolute atomic E-state index is 0.0256. The van der Waals surface area contributed by atoms with Crippen LogP contribution in [0.25, 0.3) is 0 Å². The third-order valence-electron chi connectivity index (χ3n) is 0.678. The van der Waals surface area contributed by atoms with Gasteiger partial charge in [0, 0.05) is 0 Å². The monoisotopic (exact) mass is 136 g/mol. The average molecular weight is 136 g/mol. The van der Waals surface area contributed by atoms with Gasteiger partial charge in [0.1, 0.15) is 12.2 Å². The van der Waals surface area contributed by atoms with Crippen LogP contribution >= 0.6 is 0 Å². The van der Waals surface area contributed by atoms with Crippen molar-refractivity contribution in [1.29, 1.82) is 0 Å². The highest BCUT2D eigenvalue weighted by Crippen LogP contribution is 1.90. The molecular weight excluding hydrogens is 132 g/mol. The molecule has 0 atom stereocenters. The fourth-order valence-corrected chi connectivity index (χ4v) is 0.293. The van der Waals surface area contributed by atoms with Gasteiger partial charge in [0.05, 0.1) is 0 Å². The molecule has 0 aromatic carbocycles. The van der Waals surface area contributed by atoms with Crippen molar-refractivity contribution in [2.45, 2.75) is 0 Å². The molecule has 4 heteroatoms. The van der Waals surface area contributed by atoms with Crippen molar-refractivity contribution >= 4 is 12.2 Å². The van der Waals surface area contributed by atoms with E-state index in [-0.39, 0.29) is 12.2 Å². The summed E-state index contributed by atoms with van der Waals surface area (Å²) in [6.45, 7) is 3.18. The number of hydrogen-bond acceptors (Lipinski definition) is 4. The van der Waals surface area contributed by atoms with Crippen LogP contribution in [0.2, 0.25) is 0 Å². The van der Waals surface area contributed by atoms with Crippen molar-refractivity contribution in [2.24, 2.45) is 9.98 Å². The molecule has 0 aromatic rings. The van der Waals surface area contributed by atoms with Crippen LogP contribution < -0.4 is 0 Å². The zero-order valence-corrected chi connectivity index (χ0v) is 5.13. The smallest absolute Gasteiger partial charge is 0.211 e. The molecule has 0 rings (SSSR count). The van der Waals surface area contributed by atoms with Crippen LogP contribution in [0.1, 0.15) is 0 Å². The van der Waals surface area contributed by atoms with Crippen LogP contribution in [-0.2, 0) is 9.59 Å². The van der Waals surface area contributed by atoms with Gasteiger partial charge in [-0.05, 0) is 0 Å². The standard InChI is InChI=1S/C6H4N2O2/c1-2-6(8-5-10)3-7-4-9/h1,3H2. The topological polar surface area (TPSA) is 58.9 Å². The molecule has 0 unspecified atom stereocenters. The van der Waals surface area contributed by atoms with Gasteiger partial charge in [-0.3, -0.25) is 0 Å². The molecule has 0 aliphatic carbocycles. The number of carbonyl (C=O) groups excluding carboxylic acids is 2. The average Bonchev–Trinajstić information content (AvgIpc) is 1.98. The predicted molar refractivity (Wildman–Crippen MR) is 33.8 cm³/mol. The van der Waals surface area contributed by atoms with Crippen LogP contribution in [0.5, 0.6) is 0 Å². The molecule has 10 heavy (non-hydrogen) atoms. The van der Waals surface area contributed by atoms with E-state index in [1.54, 1.807) is 0 Å². The molecule has 0 spiro atoms. The molecule has 0 bridgehead atoms. The Morgan fingerprint density at radius 2 is 2.10 bits per heavy atom. The largest absolute Gasteiger partial charge is 0.240 e. The molecule has 0 aliphatic rings. The van der Waals surface area contributed by atoms with Crippen LogP contribution in [-0.4, -0.2) is 18.7 Å². The van der Waals surface area contributed by atoms with Gasteiger partial charge in [0.15, 0.2) is 0 Å². The SMILES string of the molecule is C=C=C(CN=C=O)N=C=O. The molecule has 0 amide bonds. The van der Waals surface area contributed by atoms with E-state index in [0.717, 1.165) is 0 Å². The summed E-state index contributed by atoms with van der Waals surface area (Å²) in [6, 6.07) is 0. The van der Waals surface area contributed by atoms with E-state index < -0.39 is 0 Å². The van der Waals surface area contributed by atoms with Gasteiger partial charge in [0.2, 0.25) is 12.2 Å². The Morgan fingerprint density at radius 3 is 2.50 bits per heavy atom. The zero-order chi connectivity index (χ0) is 7.82. The Labute approximate surface area is 57.3 Å². The summed E-state index contributed by atoms with van der Waals surface area (Å²) in [5, 5.41) is 0. The van der Waals surface area contributed by atoms with E-state index in [1.165, 1.54) is 12.2 Å². The van der Waals surface area contributed by atoms with E-state index in [4.69, 9.17) is 0 Å². The van der Waals surface area contributed by atoms with Gasteiger partial charge in [-0.1, -0.05) is 6.58 Å². The molecule has 0 aliphatic heterocycles. The third-order valence-corrected chi connectivity index (χ3v) is 0.678. The maximum Gasteiger partial charge on any atom is 0.240 e. The molecule has 4 nitrogen and oxygen atoms in total. The molecule has 50 valence electrons. The van der Waals surface area contributed by atoms with E-state index in [9.17, 15) is 9.59 Å². The Balaban J connectivity index is 4.25. The maximum atomic E-state index is 9.62. The van der Waals surface area contributed by atoms with Gasteiger partial charge in [0.25, 0.3) is 0 Å². The van der Waals surface area contributed by atoms with Gasteiger partial charge in [-0.25, -0.2) is 9.59 Å². The first-order chi connectivity index (χ1) is 4.85. The second-order valence-electron chi connectivity index (χ2n) is 1.23. The second kappa shape index (κ2) is 5.42. The van der Waals surface area contributed by atoms with Gasteiger partial charge in [-0.2, -0.15) is 9.98 Å². The summed E-state index contributed by atoms with van der Waals surface area (Å²) in [7, 11) is 0. The van der Waals surface area contributed by atoms with E-state index >= 15 is 0 Å². The van der Waals surface area contributed by atoms with Crippen molar-refractivity contribution < 1.29 is 9.59 Å². The lowest BCUT2D eigenvalue weighted by atomic mass is 10.5. The molecule has 0 saturated carbocycles. The van der Waals surface area contributed by atoms with Gasteiger partial charge in [-0.15, -0.1) is 5.73 Å². The van der Waals surface area contributed by atoms with E-state index in [1.807, 2.05) is 0 Å². The van der Waals surface area contributed by atoms with Crippen molar-refractivity contribution in [3.8, 4) is 0 Å². The minimum atomic E-state index is -0.0256. The summed E-state index contributed by atoms with van der Waals surface area (Å²) in [4.78, 5) is 25.4. The lowest BCUT2D eigenvalue weighted by Crippen LogP contribution is -1.80. The molecule has 0 fully saturated rings. The quantitative estimate of drug-likeness (QED) is 0.319. The number of isocyanates is 2. The van der Waals surface area contributed by atoms with Gasteiger partial charge >= 0.3 is 0 Å². The fraction of sp³-hybridized carbons (Fsp3) is 0.167. The second-order valence-corrected chi connectivity index (χ2v) is 1.23. The molecule has 0 heterocycles. The zero-order valence-electron chi connectivity index (χ0n) is 5.13. The van der Waals surface area contributed by atoms with Crippen LogP contribution in [0.4, 0.5) is 0 Å². The first kappa shape index (κ1) is 8.28. The first-order valence-corrected chi connectivity index (χ1v) is 2.35. The summed E-state index contributed by atoms with van der Waals surface area (Å²) in [5.74, 6) is 0. The van der Waals surface area contributed by atoms with Crippen LogP contribution in [0, 0.1) is 0 Å². The van der Waals surface area contributed by atoms with Crippen molar-refractivity contribution in [2.75, 3.05) is 6.54 Å². The maximum absolute atomic E-state index is 9.62. The van der Waals surface area contributed by atoms with E-state index in [0.29, 0.717) is 0 Å². The van der Waals surface area contributed by atoms with Crippen LogP contribution in [0.15, 0.2) is 28.0 Å². The lowest BCUT2D eigenvalue weighted by molar-refractivity contribution is 0.561. The van der Waals surface area contributed by atoms with Crippen molar-refractivity contribution in [3.05, 3.63) is 18.0 Å². The highest BCUT2D eigenvalue weighted by atomic mass is 16.1. The fourth-order valence-electron chi connectivity index (χ4n) is 0.293.